The topological polar surface area (TPSA) is 99.5 Å². The fraction of sp³-hybridized carbons (Fsp3) is 0.400. The highest BCUT2D eigenvalue weighted by atomic mass is 32.2. The second-order valence-corrected chi connectivity index (χ2v) is 8.91. The van der Waals surface area contributed by atoms with Crippen LogP contribution in [-0.4, -0.2) is 59.4 Å². The first kappa shape index (κ1) is 24.9. The average Bonchev–Trinajstić information content (AvgIpc) is 3.56. The fourth-order valence-electron chi connectivity index (χ4n) is 3.73. The van der Waals surface area contributed by atoms with Gasteiger partial charge in [-0.1, -0.05) is 11.8 Å². The number of carbonyl (C=O) groups excluding carboxylic acids is 1. The van der Waals surface area contributed by atoms with E-state index in [4.69, 9.17) is 14.2 Å². The van der Waals surface area contributed by atoms with E-state index in [0.717, 1.165) is 48.1 Å². The molecule has 35 heavy (non-hydrogen) atoms. The monoisotopic (exact) mass is 497 g/mol. The Morgan fingerprint density at radius 2 is 1.91 bits per heavy atom. The van der Waals surface area contributed by atoms with E-state index < -0.39 is 0 Å². The maximum Gasteiger partial charge on any atom is 0.230 e. The molecule has 2 aromatic carbocycles. The van der Waals surface area contributed by atoms with Gasteiger partial charge >= 0.3 is 0 Å². The molecule has 2 heterocycles. The molecule has 1 saturated heterocycles. The lowest BCUT2D eigenvalue weighted by atomic mass is 10.2. The summed E-state index contributed by atoms with van der Waals surface area (Å²) in [6.45, 7) is 4.36. The molecular weight excluding hydrogens is 466 g/mol. The van der Waals surface area contributed by atoms with Crippen molar-refractivity contribution >= 4 is 23.4 Å². The molecule has 1 amide bonds. The van der Waals surface area contributed by atoms with E-state index in [-0.39, 0.29) is 17.8 Å². The van der Waals surface area contributed by atoms with Crippen molar-refractivity contribution in [3.05, 3.63) is 54.4 Å². The van der Waals surface area contributed by atoms with Crippen molar-refractivity contribution in [1.82, 2.24) is 20.1 Å². The minimum Gasteiger partial charge on any atom is -0.497 e. The normalized spacial score (nSPS) is 15.1. The zero-order valence-corrected chi connectivity index (χ0v) is 20.8. The number of anilines is 1. The molecule has 186 valence electrons. The minimum absolute atomic E-state index is 0.0520. The van der Waals surface area contributed by atoms with E-state index in [2.05, 4.69) is 20.8 Å². The number of ether oxygens (including phenoxy) is 3. The maximum atomic E-state index is 12.4. The average molecular weight is 498 g/mol. The van der Waals surface area contributed by atoms with Gasteiger partial charge in [0.25, 0.3) is 0 Å². The zero-order valence-electron chi connectivity index (χ0n) is 20.0. The van der Waals surface area contributed by atoms with Gasteiger partial charge in [0.2, 0.25) is 5.91 Å². The summed E-state index contributed by atoms with van der Waals surface area (Å²) in [4.78, 5) is 12.4. The first-order valence-electron chi connectivity index (χ1n) is 11.7. The van der Waals surface area contributed by atoms with E-state index in [1.165, 1.54) is 11.8 Å². The lowest BCUT2D eigenvalue weighted by Gasteiger charge is -2.13. The molecule has 1 aliphatic rings. The number of nitrogens with one attached hydrogen (secondary N) is 2. The second-order valence-electron chi connectivity index (χ2n) is 7.97. The lowest BCUT2D eigenvalue weighted by molar-refractivity contribution is -0.119. The molecule has 0 spiro atoms. The number of methoxy groups -OCH3 is 1. The molecule has 2 N–H and O–H groups in total. The number of aromatic nitrogens is 3. The van der Waals surface area contributed by atoms with Crippen molar-refractivity contribution in [3.63, 3.8) is 0 Å². The highest BCUT2D eigenvalue weighted by molar-refractivity contribution is 7.99. The highest BCUT2D eigenvalue weighted by Gasteiger charge is 2.18. The number of hydrogen-bond donors (Lipinski definition) is 2. The van der Waals surface area contributed by atoms with Crippen LogP contribution in [0.2, 0.25) is 0 Å². The quantitative estimate of drug-likeness (QED) is 0.366. The van der Waals surface area contributed by atoms with Crippen molar-refractivity contribution in [2.75, 3.05) is 37.9 Å². The maximum absolute atomic E-state index is 12.4. The van der Waals surface area contributed by atoms with Gasteiger partial charge in [0, 0.05) is 24.5 Å². The molecule has 0 aliphatic carbocycles. The largest absolute Gasteiger partial charge is 0.497 e. The van der Waals surface area contributed by atoms with Crippen LogP contribution < -0.4 is 20.1 Å². The van der Waals surface area contributed by atoms with Gasteiger partial charge in [0.05, 0.1) is 32.1 Å². The molecule has 1 atom stereocenters. The Morgan fingerprint density at radius 3 is 2.60 bits per heavy atom. The number of nitrogens with zero attached hydrogens (tertiary/aromatic N) is 3. The van der Waals surface area contributed by atoms with Gasteiger partial charge in [-0.2, -0.15) is 0 Å². The Hall–Kier alpha value is -3.24. The van der Waals surface area contributed by atoms with Crippen LogP contribution in [0.15, 0.2) is 53.7 Å². The Balaban J connectivity index is 1.44. The Kier molecular flexibility index (Phi) is 8.85. The van der Waals surface area contributed by atoms with Crippen molar-refractivity contribution in [2.24, 2.45) is 0 Å². The van der Waals surface area contributed by atoms with Crippen LogP contribution in [0.4, 0.5) is 5.69 Å². The molecule has 1 fully saturated rings. The van der Waals surface area contributed by atoms with Gasteiger partial charge < -0.3 is 24.8 Å². The van der Waals surface area contributed by atoms with Crippen molar-refractivity contribution in [2.45, 2.75) is 37.6 Å². The van der Waals surface area contributed by atoms with E-state index in [0.29, 0.717) is 24.9 Å². The lowest BCUT2D eigenvalue weighted by Crippen LogP contribution is -2.32. The van der Waals surface area contributed by atoms with Gasteiger partial charge in [-0.15, -0.1) is 10.2 Å². The zero-order chi connectivity index (χ0) is 24.5. The van der Waals surface area contributed by atoms with E-state index in [9.17, 15) is 4.79 Å². The SMILES string of the molecule is CCOc1ccc(NCc2nnc(SCC(=O)NC[C@@H]3CCCO3)n2-c2ccc(OC)cc2)cc1. The van der Waals surface area contributed by atoms with Gasteiger partial charge in [-0.05, 0) is 68.3 Å². The van der Waals surface area contributed by atoms with Gasteiger partial charge in [-0.25, -0.2) is 0 Å². The van der Waals surface area contributed by atoms with Crippen LogP contribution in [0.5, 0.6) is 11.5 Å². The Bertz CT molecular complexity index is 1080. The Morgan fingerprint density at radius 1 is 1.14 bits per heavy atom. The van der Waals surface area contributed by atoms with Crippen LogP contribution in [0, 0.1) is 0 Å². The predicted octanol–water partition coefficient (Wildman–Crippen LogP) is 3.67. The minimum atomic E-state index is -0.0520. The summed E-state index contributed by atoms with van der Waals surface area (Å²) in [5.74, 6) is 2.51. The molecule has 9 nitrogen and oxygen atoms in total. The number of rotatable bonds is 12. The van der Waals surface area contributed by atoms with Crippen molar-refractivity contribution < 1.29 is 19.0 Å². The third-order valence-corrected chi connectivity index (χ3v) is 6.46. The number of carbonyl (C=O) groups is 1. The summed E-state index contributed by atoms with van der Waals surface area (Å²) in [6.07, 6.45) is 2.16. The molecular formula is C25H31N5O4S. The number of thioether (sulfide) groups is 1. The molecule has 1 aliphatic heterocycles. The molecule has 0 bridgehead atoms. The van der Waals surface area contributed by atoms with Crippen LogP contribution >= 0.6 is 11.8 Å². The first-order valence-corrected chi connectivity index (χ1v) is 12.7. The summed E-state index contributed by atoms with van der Waals surface area (Å²) in [6, 6.07) is 15.5. The van der Waals surface area contributed by atoms with Gasteiger partial charge in [0.15, 0.2) is 11.0 Å². The van der Waals surface area contributed by atoms with Crippen LogP contribution in [0.25, 0.3) is 5.69 Å². The molecule has 0 saturated carbocycles. The number of benzene rings is 2. The molecule has 0 unspecified atom stereocenters. The van der Waals surface area contributed by atoms with Crippen LogP contribution in [0.3, 0.4) is 0 Å². The van der Waals surface area contributed by atoms with Gasteiger partial charge in [-0.3, -0.25) is 9.36 Å². The first-order chi connectivity index (χ1) is 17.2. The molecule has 3 aromatic rings. The van der Waals surface area contributed by atoms with Crippen LogP contribution in [0.1, 0.15) is 25.6 Å². The van der Waals surface area contributed by atoms with E-state index >= 15 is 0 Å². The molecule has 0 radical (unpaired) electrons. The van der Waals surface area contributed by atoms with E-state index in [1.807, 2.05) is 60.0 Å². The second kappa shape index (κ2) is 12.5. The summed E-state index contributed by atoms with van der Waals surface area (Å²) in [5, 5.41) is 15.8. The van der Waals surface area contributed by atoms with Crippen LogP contribution in [-0.2, 0) is 16.1 Å². The summed E-state index contributed by atoms with van der Waals surface area (Å²) in [5.41, 5.74) is 1.84. The highest BCUT2D eigenvalue weighted by Crippen LogP contribution is 2.25. The summed E-state index contributed by atoms with van der Waals surface area (Å²) >= 11 is 1.35. The smallest absolute Gasteiger partial charge is 0.230 e. The predicted molar refractivity (Wildman–Crippen MR) is 136 cm³/mol. The molecule has 1 aromatic heterocycles. The van der Waals surface area contributed by atoms with Gasteiger partial charge in [0.1, 0.15) is 11.5 Å². The summed E-state index contributed by atoms with van der Waals surface area (Å²) < 4.78 is 18.3. The molecule has 10 heteroatoms. The third kappa shape index (κ3) is 6.89. The third-order valence-electron chi connectivity index (χ3n) is 5.53. The number of hydrogen-bond acceptors (Lipinski definition) is 8. The van der Waals surface area contributed by atoms with E-state index in [1.54, 1.807) is 7.11 Å². The van der Waals surface area contributed by atoms with Crippen molar-refractivity contribution in [3.8, 4) is 17.2 Å². The fourth-order valence-corrected chi connectivity index (χ4v) is 4.53. The Labute approximate surface area is 209 Å². The standard InChI is InChI=1S/C25H31N5O4S/c1-3-33-21-10-6-18(7-11-21)26-16-23-28-29-25(30(23)19-8-12-20(32-2)13-9-19)35-17-24(31)27-15-22-5-4-14-34-22/h6-13,22,26H,3-5,14-17H2,1-2H3,(H,27,31)/t22-/m0/s1. The summed E-state index contributed by atoms with van der Waals surface area (Å²) in [7, 11) is 1.64. The number of amides is 1. The molecule has 4 rings (SSSR count). The van der Waals surface area contributed by atoms with Crippen molar-refractivity contribution in [1.29, 1.82) is 0 Å².